The van der Waals surface area contributed by atoms with Crippen LogP contribution in [0.25, 0.3) is 0 Å². The number of urea groups is 1. The number of hydrogen-bond donors (Lipinski definition) is 2. The van der Waals surface area contributed by atoms with Crippen molar-refractivity contribution in [3.8, 4) is 0 Å². The lowest BCUT2D eigenvalue weighted by Gasteiger charge is -2.37. The van der Waals surface area contributed by atoms with Crippen molar-refractivity contribution in [2.75, 3.05) is 20.1 Å². The van der Waals surface area contributed by atoms with Crippen molar-refractivity contribution in [2.24, 2.45) is 0 Å². The van der Waals surface area contributed by atoms with Crippen LogP contribution < -0.4 is 10.6 Å². The standard InChI is InChI=1S/C15H29N3O/c1-16-11-10-14-9-5-6-12-18(14)15(19)17-13-7-3-2-4-8-13/h13-14,16H,2-12H2,1H3,(H,17,19). The van der Waals surface area contributed by atoms with Gasteiger partial charge in [-0.3, -0.25) is 0 Å². The highest BCUT2D eigenvalue weighted by Gasteiger charge is 2.27. The number of piperidine rings is 1. The number of likely N-dealkylation sites (tertiary alicyclic amines) is 1. The number of nitrogens with zero attached hydrogens (tertiary/aromatic N) is 1. The summed E-state index contributed by atoms with van der Waals surface area (Å²) in [4.78, 5) is 14.5. The highest BCUT2D eigenvalue weighted by Crippen LogP contribution is 2.21. The molecule has 1 saturated carbocycles. The van der Waals surface area contributed by atoms with Crippen LogP contribution in [0.4, 0.5) is 4.79 Å². The van der Waals surface area contributed by atoms with E-state index in [9.17, 15) is 4.79 Å². The van der Waals surface area contributed by atoms with E-state index < -0.39 is 0 Å². The number of nitrogens with one attached hydrogen (secondary N) is 2. The fourth-order valence-electron chi connectivity index (χ4n) is 3.38. The Bertz CT molecular complexity index is 277. The smallest absolute Gasteiger partial charge is 0.317 e. The molecule has 19 heavy (non-hydrogen) atoms. The van der Waals surface area contributed by atoms with Crippen molar-refractivity contribution in [3.63, 3.8) is 0 Å². The minimum atomic E-state index is 0.188. The quantitative estimate of drug-likeness (QED) is 0.822. The molecule has 1 heterocycles. The highest BCUT2D eigenvalue weighted by molar-refractivity contribution is 5.75. The van der Waals surface area contributed by atoms with E-state index in [1.807, 2.05) is 7.05 Å². The fourth-order valence-corrected chi connectivity index (χ4v) is 3.38. The third kappa shape index (κ3) is 4.37. The van der Waals surface area contributed by atoms with Crippen LogP contribution in [0, 0.1) is 0 Å². The summed E-state index contributed by atoms with van der Waals surface area (Å²) in [5, 5.41) is 6.46. The molecule has 0 spiro atoms. The molecule has 1 saturated heterocycles. The van der Waals surface area contributed by atoms with Crippen LogP contribution in [-0.4, -0.2) is 43.2 Å². The van der Waals surface area contributed by atoms with E-state index in [0.717, 1.165) is 25.9 Å². The molecule has 1 unspecified atom stereocenters. The first-order valence-corrected chi connectivity index (χ1v) is 8.03. The Morgan fingerprint density at radius 2 is 1.84 bits per heavy atom. The Hall–Kier alpha value is -0.770. The lowest BCUT2D eigenvalue weighted by atomic mass is 9.95. The minimum Gasteiger partial charge on any atom is -0.335 e. The van der Waals surface area contributed by atoms with E-state index in [0.29, 0.717) is 12.1 Å². The summed E-state index contributed by atoms with van der Waals surface area (Å²) in [6.45, 7) is 1.94. The van der Waals surface area contributed by atoms with E-state index in [2.05, 4.69) is 15.5 Å². The minimum absolute atomic E-state index is 0.188. The maximum absolute atomic E-state index is 12.4. The summed E-state index contributed by atoms with van der Waals surface area (Å²) < 4.78 is 0. The van der Waals surface area contributed by atoms with Gasteiger partial charge in [0.1, 0.15) is 0 Å². The van der Waals surface area contributed by atoms with E-state index in [1.54, 1.807) is 0 Å². The van der Waals surface area contributed by atoms with Gasteiger partial charge in [0.15, 0.2) is 0 Å². The molecule has 2 amide bonds. The van der Waals surface area contributed by atoms with Gasteiger partial charge in [-0.15, -0.1) is 0 Å². The van der Waals surface area contributed by atoms with Gasteiger partial charge < -0.3 is 15.5 Å². The molecule has 1 atom stereocenters. The molecule has 2 N–H and O–H groups in total. The first kappa shape index (κ1) is 14.6. The van der Waals surface area contributed by atoms with Crippen molar-refractivity contribution in [2.45, 2.75) is 69.9 Å². The number of rotatable bonds is 4. The molecule has 0 radical (unpaired) electrons. The van der Waals surface area contributed by atoms with Crippen LogP contribution in [0.5, 0.6) is 0 Å². The van der Waals surface area contributed by atoms with Gasteiger partial charge in [0, 0.05) is 18.6 Å². The Kier molecular flexibility index (Phi) is 5.95. The van der Waals surface area contributed by atoms with Gasteiger partial charge in [0.2, 0.25) is 0 Å². The number of carbonyl (C=O) groups is 1. The van der Waals surface area contributed by atoms with Crippen molar-refractivity contribution in [3.05, 3.63) is 0 Å². The topological polar surface area (TPSA) is 44.4 Å². The molecule has 110 valence electrons. The largest absolute Gasteiger partial charge is 0.335 e. The Balaban J connectivity index is 1.83. The molecule has 1 aliphatic heterocycles. The lowest BCUT2D eigenvalue weighted by molar-refractivity contribution is 0.141. The second-order valence-electron chi connectivity index (χ2n) is 6.02. The third-order valence-electron chi connectivity index (χ3n) is 4.55. The molecule has 0 aromatic carbocycles. The van der Waals surface area contributed by atoms with Crippen molar-refractivity contribution in [1.29, 1.82) is 0 Å². The summed E-state index contributed by atoms with van der Waals surface area (Å²) in [6.07, 6.45) is 10.9. The predicted molar refractivity (Wildman–Crippen MR) is 78.3 cm³/mol. The zero-order valence-electron chi connectivity index (χ0n) is 12.3. The van der Waals surface area contributed by atoms with E-state index >= 15 is 0 Å². The summed E-state index contributed by atoms with van der Waals surface area (Å²) in [6, 6.07) is 1.05. The number of hydrogen-bond acceptors (Lipinski definition) is 2. The van der Waals surface area contributed by atoms with Crippen LogP contribution in [0.15, 0.2) is 0 Å². The number of amides is 2. The zero-order chi connectivity index (χ0) is 13.5. The summed E-state index contributed by atoms with van der Waals surface area (Å²) in [5.74, 6) is 0. The van der Waals surface area contributed by atoms with Gasteiger partial charge in [-0.2, -0.15) is 0 Å². The van der Waals surface area contributed by atoms with E-state index in [4.69, 9.17) is 0 Å². The van der Waals surface area contributed by atoms with Gasteiger partial charge in [-0.05, 0) is 52.1 Å². The van der Waals surface area contributed by atoms with Crippen LogP contribution in [0.3, 0.4) is 0 Å². The molecular weight excluding hydrogens is 238 g/mol. The van der Waals surface area contributed by atoms with Crippen LogP contribution >= 0.6 is 0 Å². The monoisotopic (exact) mass is 267 g/mol. The van der Waals surface area contributed by atoms with Crippen LogP contribution in [0.1, 0.15) is 57.8 Å². The molecule has 0 bridgehead atoms. The van der Waals surface area contributed by atoms with Gasteiger partial charge in [-0.1, -0.05) is 19.3 Å². The molecule has 4 nitrogen and oxygen atoms in total. The maximum atomic E-state index is 12.4. The van der Waals surface area contributed by atoms with Crippen LogP contribution in [-0.2, 0) is 0 Å². The number of carbonyl (C=O) groups excluding carboxylic acids is 1. The molecular formula is C15H29N3O. The maximum Gasteiger partial charge on any atom is 0.317 e. The Morgan fingerprint density at radius 3 is 2.58 bits per heavy atom. The van der Waals surface area contributed by atoms with Gasteiger partial charge in [-0.25, -0.2) is 4.79 Å². The zero-order valence-corrected chi connectivity index (χ0v) is 12.3. The highest BCUT2D eigenvalue weighted by atomic mass is 16.2. The Morgan fingerprint density at radius 1 is 1.11 bits per heavy atom. The van der Waals surface area contributed by atoms with Crippen LogP contribution in [0.2, 0.25) is 0 Å². The van der Waals surface area contributed by atoms with Crippen molar-refractivity contribution < 1.29 is 4.79 Å². The summed E-state index contributed by atoms with van der Waals surface area (Å²) in [5.41, 5.74) is 0. The van der Waals surface area contributed by atoms with Gasteiger partial charge in [0.05, 0.1) is 0 Å². The normalized spacial score (nSPS) is 25.3. The molecule has 0 aromatic heterocycles. The fraction of sp³-hybridized carbons (Fsp3) is 0.933. The SMILES string of the molecule is CNCCC1CCCCN1C(=O)NC1CCCCC1. The first-order chi connectivity index (χ1) is 9.31. The summed E-state index contributed by atoms with van der Waals surface area (Å²) in [7, 11) is 1.98. The van der Waals surface area contributed by atoms with E-state index in [1.165, 1.54) is 44.9 Å². The predicted octanol–water partition coefficient (Wildman–Crippen LogP) is 2.49. The molecule has 1 aliphatic carbocycles. The van der Waals surface area contributed by atoms with Gasteiger partial charge in [0.25, 0.3) is 0 Å². The molecule has 2 rings (SSSR count). The van der Waals surface area contributed by atoms with E-state index in [-0.39, 0.29) is 6.03 Å². The average Bonchev–Trinajstić information content (AvgIpc) is 2.46. The molecule has 2 aliphatic rings. The van der Waals surface area contributed by atoms with Crippen molar-refractivity contribution >= 4 is 6.03 Å². The second kappa shape index (κ2) is 7.73. The Labute approximate surface area is 117 Å². The second-order valence-corrected chi connectivity index (χ2v) is 6.02. The van der Waals surface area contributed by atoms with Gasteiger partial charge >= 0.3 is 6.03 Å². The average molecular weight is 267 g/mol. The first-order valence-electron chi connectivity index (χ1n) is 8.03. The summed E-state index contributed by atoms with van der Waals surface area (Å²) >= 11 is 0. The molecule has 0 aromatic rings. The lowest BCUT2D eigenvalue weighted by Crippen LogP contribution is -2.52. The molecule has 2 fully saturated rings. The third-order valence-corrected chi connectivity index (χ3v) is 4.55. The van der Waals surface area contributed by atoms with Crippen molar-refractivity contribution in [1.82, 2.24) is 15.5 Å². The molecule has 4 heteroatoms.